The molecule has 5 atom stereocenters. The third kappa shape index (κ3) is 9.76. The van der Waals surface area contributed by atoms with Crippen molar-refractivity contribution in [1.82, 2.24) is 5.32 Å². The van der Waals surface area contributed by atoms with Crippen molar-refractivity contribution in [1.29, 1.82) is 0 Å². The number of benzene rings is 3. The van der Waals surface area contributed by atoms with E-state index < -0.39 is 58.2 Å². The molecule has 43 heavy (non-hydrogen) atoms. The van der Waals surface area contributed by atoms with E-state index in [0.29, 0.717) is 5.56 Å². The molecule has 1 fully saturated rings. The third-order valence-corrected chi connectivity index (χ3v) is 7.75. The number of aliphatic hydroxyl groups is 1. The number of nitrogens with one attached hydrogen (secondary N) is 1. The summed E-state index contributed by atoms with van der Waals surface area (Å²) in [6, 6.07) is 22.8. The molecule has 1 saturated heterocycles. The number of aliphatic hydroxyl groups excluding tert-OH is 1. The van der Waals surface area contributed by atoms with Gasteiger partial charge in [-0.3, -0.25) is 0 Å². The van der Waals surface area contributed by atoms with Crippen LogP contribution in [0.1, 0.15) is 26.3 Å². The molecule has 0 unspecified atom stereocenters. The highest BCUT2D eigenvalue weighted by Gasteiger charge is 2.49. The number of carbonyl (C=O) groups is 3. The van der Waals surface area contributed by atoms with Crippen molar-refractivity contribution < 1.29 is 38.4 Å². The van der Waals surface area contributed by atoms with Gasteiger partial charge in [0.1, 0.15) is 36.9 Å². The predicted octanol–water partition coefficient (Wildman–Crippen LogP) is 5.72. The Kier molecular flexibility index (Phi) is 11.6. The molecular weight excluding hydrogens is 641 g/mol. The van der Waals surface area contributed by atoms with Crippen LogP contribution in [0.25, 0.3) is 0 Å². The van der Waals surface area contributed by atoms with Gasteiger partial charge in [0.2, 0.25) is 3.79 Å². The fourth-order valence-corrected chi connectivity index (χ4v) is 5.40. The highest BCUT2D eigenvalue weighted by atomic mass is 35.6. The van der Waals surface area contributed by atoms with Crippen LogP contribution >= 0.6 is 46.6 Å². The molecule has 1 amide bonds. The first-order valence-electron chi connectivity index (χ1n) is 13.1. The average molecular weight is 669 g/mol. The zero-order valence-electron chi connectivity index (χ0n) is 22.7. The summed E-state index contributed by atoms with van der Waals surface area (Å²) in [7, 11) is 0. The van der Waals surface area contributed by atoms with Gasteiger partial charge in [0, 0.05) is 4.90 Å². The van der Waals surface area contributed by atoms with Gasteiger partial charge in [-0.05, 0) is 43.3 Å². The van der Waals surface area contributed by atoms with Gasteiger partial charge in [-0.1, -0.05) is 101 Å². The Morgan fingerprint density at radius 3 is 2.05 bits per heavy atom. The molecule has 4 rings (SSSR count). The number of alkyl halides is 3. The lowest BCUT2D eigenvalue weighted by Crippen LogP contribution is -2.64. The van der Waals surface area contributed by atoms with Crippen molar-refractivity contribution >= 4 is 64.6 Å². The Morgan fingerprint density at radius 1 is 0.884 bits per heavy atom. The van der Waals surface area contributed by atoms with E-state index in [1.165, 1.54) is 11.8 Å². The molecule has 0 aliphatic carbocycles. The number of alkyl carbamates (subject to hydrolysis) is 1. The first kappa shape index (κ1) is 32.9. The van der Waals surface area contributed by atoms with Crippen LogP contribution in [0.5, 0.6) is 0 Å². The van der Waals surface area contributed by atoms with Crippen molar-refractivity contribution in [2.45, 2.75) is 45.4 Å². The van der Waals surface area contributed by atoms with E-state index in [9.17, 15) is 19.5 Å². The summed E-state index contributed by atoms with van der Waals surface area (Å²) >= 11 is 18.4. The normalized spacial score (nSPS) is 21.8. The number of carbonyl (C=O) groups excluding carboxylic acids is 3. The van der Waals surface area contributed by atoms with E-state index in [1.54, 1.807) is 60.7 Å². The maximum atomic E-state index is 13.1. The Bertz CT molecular complexity index is 1380. The summed E-state index contributed by atoms with van der Waals surface area (Å²) in [5.41, 5.74) is 0.588. The highest BCUT2D eigenvalue weighted by molar-refractivity contribution is 7.99. The minimum absolute atomic E-state index is 0.216. The first-order chi connectivity index (χ1) is 20.5. The summed E-state index contributed by atoms with van der Waals surface area (Å²) in [6.07, 6.45) is -5.05. The predicted molar refractivity (Wildman–Crippen MR) is 163 cm³/mol. The van der Waals surface area contributed by atoms with Gasteiger partial charge in [-0.15, -0.1) is 0 Å². The molecule has 0 spiro atoms. The van der Waals surface area contributed by atoms with E-state index in [4.69, 9.17) is 53.8 Å². The molecule has 0 aromatic heterocycles. The second-order valence-electron chi connectivity index (χ2n) is 9.53. The summed E-state index contributed by atoms with van der Waals surface area (Å²) in [5, 5.41) is 14.0. The smallest absolute Gasteiger partial charge is 0.407 e. The Balaban J connectivity index is 1.62. The zero-order chi connectivity index (χ0) is 31.0. The number of rotatable bonds is 9. The van der Waals surface area contributed by atoms with Gasteiger partial charge in [-0.25, -0.2) is 14.4 Å². The number of halogens is 3. The fourth-order valence-electron chi connectivity index (χ4n) is 4.11. The molecule has 1 aliphatic heterocycles. The SMILES string of the molecule is Cc1ccc(S[C@@H]2O[C@H](COC(=O)c3ccccc3)[C@@H](O)[C@H](OC(=O)c3ccccc3)[C@H]2NC(=O)OCC(Cl)(Cl)Cl)cc1. The van der Waals surface area contributed by atoms with Gasteiger partial charge >= 0.3 is 18.0 Å². The van der Waals surface area contributed by atoms with Crippen LogP contribution in [0.2, 0.25) is 0 Å². The van der Waals surface area contributed by atoms with Crippen molar-refractivity contribution in [2.24, 2.45) is 0 Å². The minimum atomic E-state index is -1.87. The molecule has 13 heteroatoms. The van der Waals surface area contributed by atoms with Gasteiger partial charge < -0.3 is 29.4 Å². The van der Waals surface area contributed by atoms with Crippen LogP contribution in [0.15, 0.2) is 89.8 Å². The van der Waals surface area contributed by atoms with Crippen LogP contribution in [0, 0.1) is 6.92 Å². The van der Waals surface area contributed by atoms with E-state index >= 15 is 0 Å². The molecule has 228 valence electrons. The van der Waals surface area contributed by atoms with E-state index in [0.717, 1.165) is 10.5 Å². The fraction of sp³-hybridized carbons (Fsp3) is 0.300. The van der Waals surface area contributed by atoms with E-state index in [1.807, 2.05) is 31.2 Å². The molecule has 9 nitrogen and oxygen atoms in total. The standard InChI is InChI=1S/C30H28Cl3NO8S/c1-18-12-14-21(15-13-18)43-28-23(34-29(38)40-17-30(31,32)33)25(42-27(37)20-10-6-3-7-11-20)24(35)22(41-28)16-39-26(36)19-8-4-2-5-9-19/h2-15,22-25,28,35H,16-17H2,1H3,(H,34,38)/t22-,23-,24-,25-,28+/m1/s1. The molecule has 3 aromatic carbocycles. The van der Waals surface area contributed by atoms with Crippen molar-refractivity contribution in [2.75, 3.05) is 13.2 Å². The quantitative estimate of drug-likeness (QED) is 0.168. The maximum absolute atomic E-state index is 13.1. The Labute approximate surface area is 267 Å². The zero-order valence-corrected chi connectivity index (χ0v) is 25.8. The van der Waals surface area contributed by atoms with Crippen LogP contribution < -0.4 is 5.32 Å². The monoisotopic (exact) mass is 667 g/mol. The van der Waals surface area contributed by atoms with Crippen molar-refractivity contribution in [3.05, 3.63) is 102 Å². The van der Waals surface area contributed by atoms with Gasteiger partial charge in [0.15, 0.2) is 6.10 Å². The van der Waals surface area contributed by atoms with Crippen molar-refractivity contribution in [3.8, 4) is 0 Å². The number of amides is 1. The van der Waals surface area contributed by atoms with Crippen LogP contribution in [-0.2, 0) is 18.9 Å². The molecule has 3 aromatic rings. The molecular formula is C30H28Cl3NO8S. The second kappa shape index (κ2) is 15.1. The molecule has 1 heterocycles. The number of esters is 2. The lowest BCUT2D eigenvalue weighted by Gasteiger charge is -2.43. The molecule has 2 N–H and O–H groups in total. The summed E-state index contributed by atoms with van der Waals surface area (Å²) in [4.78, 5) is 39.3. The maximum Gasteiger partial charge on any atom is 0.407 e. The second-order valence-corrected chi connectivity index (χ2v) is 13.2. The summed E-state index contributed by atoms with van der Waals surface area (Å²) < 4.78 is 20.6. The van der Waals surface area contributed by atoms with Crippen LogP contribution in [-0.4, -0.2) is 69.9 Å². The topological polar surface area (TPSA) is 120 Å². The van der Waals surface area contributed by atoms with Crippen molar-refractivity contribution in [3.63, 3.8) is 0 Å². The van der Waals surface area contributed by atoms with Crippen LogP contribution in [0.3, 0.4) is 0 Å². The number of aryl methyl sites for hydroxylation is 1. The summed E-state index contributed by atoms with van der Waals surface area (Å²) in [6.45, 7) is 0.995. The van der Waals surface area contributed by atoms with E-state index in [2.05, 4.69) is 5.32 Å². The average Bonchev–Trinajstić information content (AvgIpc) is 2.99. The number of hydrogen-bond donors (Lipinski definition) is 2. The highest BCUT2D eigenvalue weighted by Crippen LogP contribution is 2.35. The Hall–Kier alpha value is -2.99. The number of thioether (sulfide) groups is 1. The summed E-state index contributed by atoms with van der Waals surface area (Å²) in [5.74, 6) is -1.39. The van der Waals surface area contributed by atoms with Gasteiger partial charge in [0.05, 0.1) is 11.1 Å². The molecule has 0 saturated carbocycles. The van der Waals surface area contributed by atoms with Gasteiger partial charge in [0.25, 0.3) is 0 Å². The number of hydrogen-bond acceptors (Lipinski definition) is 9. The lowest BCUT2D eigenvalue weighted by molar-refractivity contribution is -0.172. The molecule has 0 bridgehead atoms. The lowest BCUT2D eigenvalue weighted by atomic mass is 9.97. The van der Waals surface area contributed by atoms with Crippen LogP contribution in [0.4, 0.5) is 4.79 Å². The minimum Gasteiger partial charge on any atom is -0.459 e. The van der Waals surface area contributed by atoms with Gasteiger partial charge in [-0.2, -0.15) is 0 Å². The third-order valence-electron chi connectivity index (χ3n) is 6.24. The number of ether oxygens (including phenoxy) is 4. The Morgan fingerprint density at radius 2 is 1.47 bits per heavy atom. The largest absolute Gasteiger partial charge is 0.459 e. The first-order valence-corrected chi connectivity index (χ1v) is 15.1. The van der Waals surface area contributed by atoms with E-state index in [-0.39, 0.29) is 12.2 Å². The molecule has 0 radical (unpaired) electrons. The molecule has 1 aliphatic rings.